The van der Waals surface area contributed by atoms with Gasteiger partial charge in [-0.3, -0.25) is 4.79 Å². The fraction of sp³-hybridized carbons (Fsp3) is 0.455. The van der Waals surface area contributed by atoms with Gasteiger partial charge in [-0.1, -0.05) is 45.0 Å². The molecule has 1 heterocycles. The Kier molecular flexibility index (Phi) is 9.21. The lowest BCUT2D eigenvalue weighted by molar-refractivity contribution is -0.156. The molecule has 162 valence electrons. The third-order valence-electron chi connectivity index (χ3n) is 4.49. The molecule has 8 heteroatoms. The molecule has 2 aromatic rings. The Morgan fingerprint density at radius 1 is 1.23 bits per heavy atom. The van der Waals surface area contributed by atoms with Gasteiger partial charge in [-0.25, -0.2) is 4.79 Å². The van der Waals surface area contributed by atoms with Crippen LogP contribution in [-0.2, 0) is 16.0 Å². The van der Waals surface area contributed by atoms with Crippen LogP contribution in [0.4, 0.5) is 0 Å². The summed E-state index contributed by atoms with van der Waals surface area (Å²) in [6.45, 7) is 5.79. The van der Waals surface area contributed by atoms with Gasteiger partial charge in [0.15, 0.2) is 14.0 Å². The summed E-state index contributed by atoms with van der Waals surface area (Å²) in [7, 11) is -1.84. The molecule has 1 aromatic carbocycles. The van der Waals surface area contributed by atoms with Gasteiger partial charge in [-0.2, -0.15) is 0 Å². The minimum Gasteiger partial charge on any atom is -0.612 e. The zero-order valence-electron chi connectivity index (χ0n) is 17.6. The van der Waals surface area contributed by atoms with E-state index in [9.17, 15) is 19.6 Å². The number of carboxylic acid groups (broad SMARTS) is 1. The number of nitrogens with zero attached hydrogens (tertiary/aromatic N) is 1. The maximum absolute atomic E-state index is 12.7. The highest BCUT2D eigenvalue weighted by atomic mass is 31.1. The minimum absolute atomic E-state index is 0.134. The predicted octanol–water partition coefficient (Wildman–Crippen LogP) is 3.82. The molecule has 1 unspecified atom stereocenters. The quantitative estimate of drug-likeness (QED) is 0.524. The molecule has 7 nitrogen and oxygen atoms in total. The van der Waals surface area contributed by atoms with Crippen LogP contribution >= 0.6 is 7.94 Å². The van der Waals surface area contributed by atoms with E-state index in [1.54, 1.807) is 12.3 Å². The van der Waals surface area contributed by atoms with Crippen molar-refractivity contribution in [2.24, 2.45) is 10.7 Å². The van der Waals surface area contributed by atoms with Gasteiger partial charge in [0.2, 0.25) is 5.91 Å². The highest BCUT2D eigenvalue weighted by Gasteiger charge is 2.27. The molecular weight excluding hydrogens is 403 g/mol. The van der Waals surface area contributed by atoms with Crippen molar-refractivity contribution in [2.45, 2.75) is 52.1 Å². The smallest absolute Gasteiger partial charge is 0.326 e. The van der Waals surface area contributed by atoms with E-state index in [-0.39, 0.29) is 12.3 Å². The first-order chi connectivity index (χ1) is 14.3. The molecular formula is C22H29N2O5P. The van der Waals surface area contributed by atoms with Crippen molar-refractivity contribution in [3.05, 3.63) is 48.2 Å². The van der Waals surface area contributed by atoms with Crippen molar-refractivity contribution in [1.29, 1.82) is 0 Å². The second kappa shape index (κ2) is 11.6. The fourth-order valence-corrected chi connectivity index (χ4v) is 4.02. The van der Waals surface area contributed by atoms with Crippen LogP contribution in [0.2, 0.25) is 0 Å². The number of amides is 1. The van der Waals surface area contributed by atoms with Crippen LogP contribution in [0.5, 0.6) is 0 Å². The van der Waals surface area contributed by atoms with E-state index in [1.165, 1.54) is 0 Å². The Bertz CT molecular complexity index is 847. The summed E-state index contributed by atoms with van der Waals surface area (Å²) in [6.07, 6.45) is 3.27. The second-order valence-corrected chi connectivity index (χ2v) is 9.00. The van der Waals surface area contributed by atoms with Crippen molar-refractivity contribution >= 4 is 19.8 Å². The Labute approximate surface area is 178 Å². The number of benzene rings is 1. The molecule has 0 radical (unpaired) electrons. The third-order valence-corrected chi connectivity index (χ3v) is 5.86. The van der Waals surface area contributed by atoms with Crippen LogP contribution in [-0.4, -0.2) is 35.2 Å². The van der Waals surface area contributed by atoms with E-state index in [1.807, 2.05) is 51.1 Å². The molecule has 30 heavy (non-hydrogen) atoms. The van der Waals surface area contributed by atoms with Gasteiger partial charge < -0.3 is 19.7 Å². The minimum atomic E-state index is -1.84. The average Bonchev–Trinajstić information content (AvgIpc) is 3.22. The average molecular weight is 432 g/mol. The molecule has 0 aliphatic rings. The van der Waals surface area contributed by atoms with Crippen LogP contribution < -0.4 is 10.2 Å². The summed E-state index contributed by atoms with van der Waals surface area (Å²) in [4.78, 5) is 36.5. The summed E-state index contributed by atoms with van der Waals surface area (Å²) in [5, 5.41) is 12.2. The number of aliphatic carboxylic acids is 1. The van der Waals surface area contributed by atoms with Gasteiger partial charge in [0.05, 0.1) is 6.26 Å². The number of hydrogen-bond acceptors (Lipinski definition) is 5. The lowest BCUT2D eigenvalue weighted by Gasteiger charge is -2.18. The lowest BCUT2D eigenvalue weighted by atomic mass is 10.0. The highest BCUT2D eigenvalue weighted by molar-refractivity contribution is 7.39. The van der Waals surface area contributed by atoms with Crippen LogP contribution in [0.15, 0.2) is 51.8 Å². The number of nitrogens with one attached hydrogen (secondary N) is 1. The first-order valence-corrected chi connectivity index (χ1v) is 11.5. The number of carboxylic acids is 1. The van der Waals surface area contributed by atoms with Crippen molar-refractivity contribution in [2.75, 3.05) is 6.16 Å². The number of rotatable bonds is 11. The largest absolute Gasteiger partial charge is 0.612 e. The highest BCUT2D eigenvalue weighted by Crippen LogP contribution is 2.22. The molecule has 0 aliphatic carbocycles. The van der Waals surface area contributed by atoms with E-state index in [0.717, 1.165) is 16.9 Å². The predicted molar refractivity (Wildman–Crippen MR) is 115 cm³/mol. The van der Waals surface area contributed by atoms with Crippen LogP contribution in [0.3, 0.4) is 0 Å². The molecule has 0 fully saturated rings. The summed E-state index contributed by atoms with van der Waals surface area (Å²) < 4.78 is 9.51. The van der Waals surface area contributed by atoms with Crippen molar-refractivity contribution in [3.8, 4) is 11.3 Å². The van der Waals surface area contributed by atoms with Gasteiger partial charge in [0.25, 0.3) is 0 Å². The van der Waals surface area contributed by atoms with E-state index in [2.05, 4.69) is 10.1 Å². The zero-order chi connectivity index (χ0) is 22.1. The molecule has 0 bridgehead atoms. The maximum Gasteiger partial charge on any atom is 0.326 e. The van der Waals surface area contributed by atoms with Gasteiger partial charge in [-0.15, -0.1) is 4.74 Å². The van der Waals surface area contributed by atoms with Gasteiger partial charge in [0, 0.05) is 12.0 Å². The monoisotopic (exact) mass is 432 g/mol. The number of carbonyl (C=O) groups excluding carboxylic acids is 1. The molecule has 2 rings (SSSR count). The third kappa shape index (κ3) is 7.39. The van der Waals surface area contributed by atoms with Crippen molar-refractivity contribution in [3.63, 3.8) is 0 Å². The van der Waals surface area contributed by atoms with E-state index in [4.69, 9.17) is 4.42 Å². The van der Waals surface area contributed by atoms with Gasteiger partial charge in [-0.05, 0) is 36.5 Å². The molecule has 0 saturated heterocycles. The van der Waals surface area contributed by atoms with Gasteiger partial charge in [0.1, 0.15) is 18.0 Å². The first kappa shape index (κ1) is 23.8. The fourth-order valence-electron chi connectivity index (χ4n) is 3.01. The maximum atomic E-state index is 12.7. The molecule has 0 spiro atoms. The summed E-state index contributed by atoms with van der Waals surface area (Å²) in [6, 6.07) is 9.05. The Hall–Kier alpha value is -2.50. The SMILES string of the molecule is CCC[P+]([O-])=N[C@@H](CC(C)C)C(=O)N[C@@H](Cc1ccc(-c2ccco2)cc1)C(=O)O. The Morgan fingerprint density at radius 3 is 2.47 bits per heavy atom. The number of carbonyl (C=O) groups is 2. The Balaban J connectivity index is 2.10. The molecule has 0 saturated carbocycles. The summed E-state index contributed by atoms with van der Waals surface area (Å²) >= 11 is 0. The van der Waals surface area contributed by atoms with E-state index < -0.39 is 31.9 Å². The standard InChI is InChI=1S/C22H29N2O5P/c1-4-12-30(28)24-18(13-15(2)3)21(25)23-19(22(26)27)14-16-7-9-17(10-8-16)20-6-5-11-29-20/h5-11,15,18-19H,4,12-14H2,1-3H3,(H,23,25)(H,26,27)/t18-,19-/m0/s1. The van der Waals surface area contributed by atoms with Crippen molar-refractivity contribution < 1.29 is 24.0 Å². The van der Waals surface area contributed by atoms with Crippen LogP contribution in [0.1, 0.15) is 39.2 Å². The first-order valence-electron chi connectivity index (χ1n) is 10.1. The molecule has 3 atom stereocenters. The molecule has 1 aromatic heterocycles. The van der Waals surface area contributed by atoms with Crippen LogP contribution in [0, 0.1) is 5.92 Å². The number of hydrogen-bond donors (Lipinski definition) is 2. The normalized spacial score (nSPS) is 13.8. The number of furan rings is 1. The van der Waals surface area contributed by atoms with Crippen LogP contribution in [0.25, 0.3) is 11.3 Å². The van der Waals surface area contributed by atoms with Gasteiger partial charge >= 0.3 is 5.97 Å². The van der Waals surface area contributed by atoms with E-state index >= 15 is 0 Å². The molecule has 2 N–H and O–H groups in total. The van der Waals surface area contributed by atoms with E-state index in [0.29, 0.717) is 19.0 Å². The zero-order valence-corrected chi connectivity index (χ0v) is 18.5. The molecule has 1 amide bonds. The molecule has 0 aliphatic heterocycles. The Morgan fingerprint density at radius 2 is 1.93 bits per heavy atom. The topological polar surface area (TPSA) is 115 Å². The lowest BCUT2D eigenvalue weighted by Crippen LogP contribution is -2.46. The second-order valence-electron chi connectivity index (χ2n) is 7.61. The summed E-state index contributed by atoms with van der Waals surface area (Å²) in [5.41, 5.74) is 1.66. The summed E-state index contributed by atoms with van der Waals surface area (Å²) in [5.74, 6) is -0.738. The van der Waals surface area contributed by atoms with Crippen molar-refractivity contribution in [1.82, 2.24) is 5.32 Å².